The molecule has 0 unspecified atom stereocenters. The fraction of sp³-hybridized carbons (Fsp3) is 0.143. The summed E-state index contributed by atoms with van der Waals surface area (Å²) in [6.45, 7) is 2.01. The van der Waals surface area contributed by atoms with E-state index in [4.69, 9.17) is 4.74 Å². The molecule has 0 aliphatic heterocycles. The normalized spacial score (nSPS) is 12.1. The van der Waals surface area contributed by atoms with E-state index in [1.165, 1.54) is 18.5 Å². The number of H-pyrrole nitrogens is 1. The van der Waals surface area contributed by atoms with E-state index in [2.05, 4.69) is 20.3 Å². The van der Waals surface area contributed by atoms with Crippen molar-refractivity contribution in [3.05, 3.63) is 72.3 Å². The molecule has 6 heteroatoms. The molecule has 4 aromatic rings. The number of rotatable bonds is 5. The second-order valence-corrected chi connectivity index (χ2v) is 6.31. The van der Waals surface area contributed by atoms with Gasteiger partial charge in [-0.25, -0.2) is 14.4 Å². The van der Waals surface area contributed by atoms with Crippen LogP contribution in [0.15, 0.2) is 60.9 Å². The number of fused-ring (bicyclic) bond motifs is 1. The van der Waals surface area contributed by atoms with Crippen molar-refractivity contribution >= 4 is 16.9 Å². The molecule has 0 aliphatic rings. The summed E-state index contributed by atoms with van der Waals surface area (Å²) in [4.78, 5) is 12.0. The van der Waals surface area contributed by atoms with Crippen LogP contribution in [0.1, 0.15) is 18.5 Å². The van der Waals surface area contributed by atoms with Crippen molar-refractivity contribution in [3.8, 4) is 17.0 Å². The number of aromatic amines is 1. The summed E-state index contributed by atoms with van der Waals surface area (Å²) in [5.74, 6) is 1.29. The number of nitrogens with one attached hydrogen (secondary N) is 2. The maximum Gasteiger partial charge on any atom is 0.143 e. The van der Waals surface area contributed by atoms with Gasteiger partial charge in [-0.3, -0.25) is 0 Å². The Bertz CT molecular complexity index is 1060. The Kier molecular flexibility index (Phi) is 4.46. The Morgan fingerprint density at radius 2 is 1.78 bits per heavy atom. The zero-order valence-electron chi connectivity index (χ0n) is 15.0. The van der Waals surface area contributed by atoms with Gasteiger partial charge in [0.05, 0.1) is 12.5 Å². The molecule has 4 rings (SSSR count). The molecule has 2 aromatic heterocycles. The van der Waals surface area contributed by atoms with Gasteiger partial charge in [-0.2, -0.15) is 0 Å². The number of hydrogen-bond acceptors (Lipinski definition) is 4. The second kappa shape index (κ2) is 7.07. The van der Waals surface area contributed by atoms with Crippen molar-refractivity contribution in [2.45, 2.75) is 13.0 Å². The molecule has 0 amide bonds. The molecule has 1 atom stereocenters. The van der Waals surface area contributed by atoms with Gasteiger partial charge < -0.3 is 15.0 Å². The van der Waals surface area contributed by atoms with Crippen molar-refractivity contribution in [2.75, 3.05) is 12.4 Å². The van der Waals surface area contributed by atoms with E-state index in [1.807, 2.05) is 37.3 Å². The number of aromatic nitrogens is 3. The minimum atomic E-state index is -0.245. The highest BCUT2D eigenvalue weighted by Crippen LogP contribution is 2.29. The van der Waals surface area contributed by atoms with Gasteiger partial charge in [-0.1, -0.05) is 12.1 Å². The maximum absolute atomic E-state index is 13.1. The number of methoxy groups -OCH3 is 1. The highest BCUT2D eigenvalue weighted by atomic mass is 19.1. The first-order valence-electron chi connectivity index (χ1n) is 8.64. The third-order valence-corrected chi connectivity index (χ3v) is 4.55. The lowest BCUT2D eigenvalue weighted by Gasteiger charge is -2.15. The number of benzene rings is 2. The summed E-state index contributed by atoms with van der Waals surface area (Å²) >= 11 is 0. The molecule has 0 bridgehead atoms. The molecule has 0 saturated carbocycles. The van der Waals surface area contributed by atoms with Gasteiger partial charge in [0.15, 0.2) is 0 Å². The molecule has 2 heterocycles. The third kappa shape index (κ3) is 3.46. The van der Waals surface area contributed by atoms with Gasteiger partial charge in [-0.05, 0) is 60.5 Å². The van der Waals surface area contributed by atoms with Crippen LogP contribution < -0.4 is 10.1 Å². The zero-order chi connectivity index (χ0) is 18.8. The van der Waals surface area contributed by atoms with Crippen LogP contribution in [0.25, 0.3) is 22.3 Å². The van der Waals surface area contributed by atoms with Crippen LogP contribution in [-0.2, 0) is 0 Å². The second-order valence-electron chi connectivity index (χ2n) is 6.31. The predicted molar refractivity (Wildman–Crippen MR) is 104 cm³/mol. The molecule has 0 saturated heterocycles. The van der Waals surface area contributed by atoms with Gasteiger partial charge >= 0.3 is 0 Å². The first-order valence-corrected chi connectivity index (χ1v) is 8.64. The average Bonchev–Trinajstić information content (AvgIpc) is 3.14. The first-order chi connectivity index (χ1) is 13.1. The minimum absolute atomic E-state index is 0.0250. The van der Waals surface area contributed by atoms with Crippen molar-refractivity contribution in [1.82, 2.24) is 15.0 Å². The quantitative estimate of drug-likeness (QED) is 0.527. The summed E-state index contributed by atoms with van der Waals surface area (Å²) in [5.41, 5.74) is 3.72. The maximum atomic E-state index is 13.1. The lowest BCUT2D eigenvalue weighted by Crippen LogP contribution is -2.08. The van der Waals surface area contributed by atoms with Gasteiger partial charge in [-0.15, -0.1) is 0 Å². The Balaban J connectivity index is 1.65. The van der Waals surface area contributed by atoms with Crippen molar-refractivity contribution in [3.63, 3.8) is 0 Å². The lowest BCUT2D eigenvalue weighted by molar-refractivity contribution is 0.415. The van der Waals surface area contributed by atoms with Gasteiger partial charge in [0, 0.05) is 11.7 Å². The first kappa shape index (κ1) is 17.0. The van der Waals surface area contributed by atoms with E-state index in [1.54, 1.807) is 19.2 Å². The topological polar surface area (TPSA) is 62.8 Å². The number of hydrogen-bond donors (Lipinski definition) is 2. The van der Waals surface area contributed by atoms with Gasteiger partial charge in [0.1, 0.15) is 29.4 Å². The summed E-state index contributed by atoms with van der Waals surface area (Å²) in [6.07, 6.45) is 1.52. The molecule has 0 radical (unpaired) electrons. The van der Waals surface area contributed by atoms with E-state index in [-0.39, 0.29) is 11.9 Å². The van der Waals surface area contributed by atoms with Gasteiger partial charge in [0.2, 0.25) is 0 Å². The zero-order valence-corrected chi connectivity index (χ0v) is 15.0. The standard InChI is InChI=1S/C21H19FN4O/c1-13(14-3-7-16(22)8-4-14)25-20-18-11-19(26-21(18)24-12-23-20)15-5-9-17(27-2)10-6-15/h3-13H,1-2H3,(H2,23,24,25,26)/t13-/m1/s1. The lowest BCUT2D eigenvalue weighted by atomic mass is 10.1. The largest absolute Gasteiger partial charge is 0.497 e. The Hall–Kier alpha value is -3.41. The van der Waals surface area contributed by atoms with Crippen LogP contribution in [0.2, 0.25) is 0 Å². The number of halogens is 1. The summed E-state index contributed by atoms with van der Waals surface area (Å²) < 4.78 is 18.4. The average molecular weight is 362 g/mol. The SMILES string of the molecule is COc1ccc(-c2cc3c(N[C@H](C)c4ccc(F)cc4)ncnc3[nH]2)cc1. The van der Waals surface area contributed by atoms with Crippen LogP contribution in [0.5, 0.6) is 5.75 Å². The van der Waals surface area contributed by atoms with E-state index >= 15 is 0 Å². The molecule has 2 N–H and O–H groups in total. The minimum Gasteiger partial charge on any atom is -0.497 e. The van der Waals surface area contributed by atoms with Crippen molar-refractivity contribution in [1.29, 1.82) is 0 Å². The molecule has 0 spiro atoms. The molecular weight excluding hydrogens is 343 g/mol. The predicted octanol–water partition coefficient (Wildman–Crippen LogP) is 4.95. The Labute approximate surface area is 156 Å². The number of ether oxygens (including phenoxy) is 1. The van der Waals surface area contributed by atoms with Crippen LogP contribution in [0.4, 0.5) is 10.2 Å². The summed E-state index contributed by atoms with van der Waals surface area (Å²) in [7, 11) is 1.65. The van der Waals surface area contributed by atoms with Crippen LogP contribution in [-0.4, -0.2) is 22.1 Å². The fourth-order valence-electron chi connectivity index (χ4n) is 3.02. The molecule has 136 valence electrons. The third-order valence-electron chi connectivity index (χ3n) is 4.55. The molecular formula is C21H19FN4O. The molecule has 2 aromatic carbocycles. The summed E-state index contributed by atoms with van der Waals surface area (Å²) in [5, 5.41) is 4.29. The molecule has 27 heavy (non-hydrogen) atoms. The molecule has 0 aliphatic carbocycles. The van der Waals surface area contributed by atoms with Crippen LogP contribution in [0.3, 0.4) is 0 Å². The van der Waals surface area contributed by atoms with Crippen molar-refractivity contribution in [2.24, 2.45) is 0 Å². The molecule has 0 fully saturated rings. The smallest absolute Gasteiger partial charge is 0.143 e. The number of nitrogens with zero attached hydrogens (tertiary/aromatic N) is 2. The monoisotopic (exact) mass is 362 g/mol. The highest BCUT2D eigenvalue weighted by molar-refractivity contribution is 5.91. The molecule has 5 nitrogen and oxygen atoms in total. The number of anilines is 1. The van der Waals surface area contributed by atoms with Crippen LogP contribution in [0, 0.1) is 5.82 Å². The van der Waals surface area contributed by atoms with E-state index < -0.39 is 0 Å². The van der Waals surface area contributed by atoms with Crippen LogP contribution >= 0.6 is 0 Å². The van der Waals surface area contributed by atoms with Crippen molar-refractivity contribution < 1.29 is 9.13 Å². The van der Waals surface area contributed by atoms with E-state index in [0.717, 1.165) is 39.4 Å². The highest BCUT2D eigenvalue weighted by Gasteiger charge is 2.12. The van der Waals surface area contributed by atoms with Gasteiger partial charge in [0.25, 0.3) is 0 Å². The Morgan fingerprint density at radius 3 is 2.48 bits per heavy atom. The van der Waals surface area contributed by atoms with E-state index in [0.29, 0.717) is 0 Å². The summed E-state index contributed by atoms with van der Waals surface area (Å²) in [6, 6.07) is 16.3. The van der Waals surface area contributed by atoms with E-state index in [9.17, 15) is 4.39 Å². The fourth-order valence-corrected chi connectivity index (χ4v) is 3.02. The Morgan fingerprint density at radius 1 is 1.04 bits per heavy atom.